The lowest BCUT2D eigenvalue weighted by atomic mass is 10.2. The molecule has 1 amide bonds. The Labute approximate surface area is 186 Å². The summed E-state index contributed by atoms with van der Waals surface area (Å²) in [5.41, 5.74) is 2.42. The normalized spacial score (nSPS) is 10.6. The summed E-state index contributed by atoms with van der Waals surface area (Å²) in [7, 11) is 0. The summed E-state index contributed by atoms with van der Waals surface area (Å²) in [6, 6.07) is 22.1. The largest absolute Gasteiger partial charge is 0.490 e. The zero-order valence-corrected chi connectivity index (χ0v) is 17.8. The average Bonchev–Trinajstić information content (AvgIpc) is 2.77. The lowest BCUT2D eigenvalue weighted by Crippen LogP contribution is -2.16. The van der Waals surface area contributed by atoms with E-state index in [1.54, 1.807) is 24.3 Å². The van der Waals surface area contributed by atoms with Gasteiger partial charge >= 0.3 is 0 Å². The lowest BCUT2D eigenvalue weighted by Gasteiger charge is -2.12. The maximum atomic E-state index is 11.9. The predicted octanol–water partition coefficient (Wildman–Crippen LogP) is 5.31. The van der Waals surface area contributed by atoms with Crippen LogP contribution < -0.4 is 14.8 Å². The highest BCUT2D eigenvalue weighted by atomic mass is 35.5. The number of nitrogens with zero attached hydrogens (tertiary/aromatic N) is 1. The number of hydrogen-bond acceptors (Lipinski definition) is 5. The fourth-order valence-electron chi connectivity index (χ4n) is 2.69. The molecule has 0 bridgehead atoms. The van der Waals surface area contributed by atoms with Crippen molar-refractivity contribution in [2.24, 2.45) is 5.16 Å². The number of carbonyl (C=O) groups is 1. The number of hydrogen-bond donors (Lipinski definition) is 1. The second-order valence-corrected chi connectivity index (χ2v) is 6.92. The van der Waals surface area contributed by atoms with Gasteiger partial charge < -0.3 is 19.6 Å². The van der Waals surface area contributed by atoms with E-state index in [-0.39, 0.29) is 12.5 Å². The molecule has 1 N–H and O–H groups in total. The summed E-state index contributed by atoms with van der Waals surface area (Å²) in [5, 5.41) is 7.24. The summed E-state index contributed by atoms with van der Waals surface area (Å²) in [4.78, 5) is 17.0. The number of anilines is 1. The molecular formula is C24H23ClN2O4. The van der Waals surface area contributed by atoms with Crippen LogP contribution in [-0.4, -0.2) is 25.3 Å². The molecule has 160 valence electrons. The van der Waals surface area contributed by atoms with Crippen molar-refractivity contribution in [3.05, 3.63) is 88.9 Å². The molecule has 0 spiro atoms. The number of halogens is 1. The van der Waals surface area contributed by atoms with Gasteiger partial charge in [-0.25, -0.2) is 0 Å². The molecule has 0 aliphatic carbocycles. The van der Waals surface area contributed by atoms with Gasteiger partial charge in [0.1, 0.15) is 6.61 Å². The third-order valence-electron chi connectivity index (χ3n) is 4.08. The van der Waals surface area contributed by atoms with Crippen LogP contribution in [0, 0.1) is 0 Å². The van der Waals surface area contributed by atoms with Crippen LogP contribution in [0.2, 0.25) is 5.02 Å². The summed E-state index contributed by atoms with van der Waals surface area (Å²) >= 11 is 6.02. The molecule has 3 rings (SSSR count). The summed E-state index contributed by atoms with van der Waals surface area (Å²) in [6.07, 6.45) is 1.51. The topological polar surface area (TPSA) is 69.2 Å². The molecule has 7 heteroatoms. The van der Waals surface area contributed by atoms with Crippen LogP contribution in [0.25, 0.3) is 0 Å². The Morgan fingerprint density at radius 2 is 1.84 bits per heavy atom. The van der Waals surface area contributed by atoms with Crippen molar-refractivity contribution in [3.63, 3.8) is 0 Å². The lowest BCUT2D eigenvalue weighted by molar-refractivity contribution is -0.120. The molecule has 0 heterocycles. The Morgan fingerprint density at radius 3 is 2.61 bits per heavy atom. The van der Waals surface area contributed by atoms with Crippen molar-refractivity contribution < 1.29 is 19.1 Å². The van der Waals surface area contributed by atoms with Crippen LogP contribution in [0.15, 0.2) is 78.0 Å². The van der Waals surface area contributed by atoms with Crippen molar-refractivity contribution in [2.45, 2.75) is 13.5 Å². The van der Waals surface area contributed by atoms with Gasteiger partial charge in [0, 0.05) is 16.3 Å². The molecule has 0 aliphatic rings. The van der Waals surface area contributed by atoms with Crippen molar-refractivity contribution in [3.8, 4) is 11.5 Å². The number of nitrogens with one attached hydrogen (secondary N) is 1. The Hall–Kier alpha value is -3.51. The zero-order chi connectivity index (χ0) is 21.9. The monoisotopic (exact) mass is 438 g/mol. The first-order valence-electron chi connectivity index (χ1n) is 9.78. The molecule has 31 heavy (non-hydrogen) atoms. The Bertz CT molecular complexity index is 1030. The van der Waals surface area contributed by atoms with Crippen LogP contribution in [0.1, 0.15) is 18.1 Å². The quantitative estimate of drug-likeness (QED) is 0.344. The number of amides is 1. The first-order valence-corrected chi connectivity index (χ1v) is 10.2. The van der Waals surface area contributed by atoms with Crippen molar-refractivity contribution in [2.75, 3.05) is 18.5 Å². The molecule has 0 radical (unpaired) electrons. The minimum absolute atomic E-state index is 0.190. The van der Waals surface area contributed by atoms with Gasteiger partial charge in [-0.1, -0.05) is 47.1 Å². The maximum absolute atomic E-state index is 11.9. The molecule has 3 aromatic rings. The highest BCUT2D eigenvalue weighted by Crippen LogP contribution is 2.29. The zero-order valence-electron chi connectivity index (χ0n) is 17.1. The molecule has 0 saturated carbocycles. The van der Waals surface area contributed by atoms with Crippen LogP contribution in [0.5, 0.6) is 11.5 Å². The highest BCUT2D eigenvalue weighted by Gasteiger charge is 2.07. The number of rotatable bonds is 10. The van der Waals surface area contributed by atoms with Gasteiger partial charge in [0.2, 0.25) is 0 Å². The molecule has 0 fully saturated rings. The fourth-order valence-corrected chi connectivity index (χ4v) is 2.91. The second kappa shape index (κ2) is 11.6. The number of carbonyl (C=O) groups excluding carboxylic acids is 1. The van der Waals surface area contributed by atoms with Crippen molar-refractivity contribution >= 4 is 29.4 Å². The maximum Gasteiger partial charge on any atom is 0.265 e. The van der Waals surface area contributed by atoms with E-state index in [4.69, 9.17) is 25.9 Å². The first kappa shape index (κ1) is 22.2. The smallest absolute Gasteiger partial charge is 0.265 e. The van der Waals surface area contributed by atoms with E-state index < -0.39 is 0 Å². The van der Waals surface area contributed by atoms with Crippen LogP contribution in [-0.2, 0) is 16.2 Å². The van der Waals surface area contributed by atoms with Crippen molar-refractivity contribution in [1.29, 1.82) is 0 Å². The van der Waals surface area contributed by atoms with E-state index >= 15 is 0 Å². The Kier molecular flexibility index (Phi) is 8.31. The number of ether oxygens (including phenoxy) is 2. The fraction of sp³-hybridized carbons (Fsp3) is 0.167. The van der Waals surface area contributed by atoms with Gasteiger partial charge in [0.15, 0.2) is 18.1 Å². The molecule has 0 saturated heterocycles. The average molecular weight is 439 g/mol. The Morgan fingerprint density at radius 1 is 1.00 bits per heavy atom. The van der Waals surface area contributed by atoms with E-state index in [0.717, 1.165) is 11.1 Å². The van der Waals surface area contributed by atoms with Gasteiger partial charge in [-0.2, -0.15) is 0 Å². The number of oxime groups is 1. The number of para-hydroxylation sites is 1. The Balaban J connectivity index is 1.54. The molecule has 0 aromatic heterocycles. The molecule has 3 aromatic carbocycles. The second-order valence-electron chi connectivity index (χ2n) is 6.48. The van der Waals surface area contributed by atoms with Gasteiger partial charge in [0.25, 0.3) is 5.91 Å². The molecule has 0 atom stereocenters. The summed E-state index contributed by atoms with van der Waals surface area (Å²) in [5.74, 6) is 0.917. The summed E-state index contributed by atoms with van der Waals surface area (Å²) in [6.45, 7) is 2.57. The van der Waals surface area contributed by atoms with E-state index in [0.29, 0.717) is 35.4 Å². The van der Waals surface area contributed by atoms with Crippen LogP contribution >= 0.6 is 11.6 Å². The SMILES string of the molecule is CCOc1cc(/C=N/OCC(=O)Nc2ccccc2)ccc1OCc1cccc(Cl)c1. The molecule has 0 unspecified atom stereocenters. The molecule has 6 nitrogen and oxygen atoms in total. The summed E-state index contributed by atoms with van der Waals surface area (Å²) < 4.78 is 11.6. The van der Waals surface area contributed by atoms with Gasteiger partial charge in [-0.15, -0.1) is 0 Å². The minimum Gasteiger partial charge on any atom is -0.490 e. The van der Waals surface area contributed by atoms with E-state index in [1.165, 1.54) is 6.21 Å². The number of benzene rings is 3. The van der Waals surface area contributed by atoms with E-state index in [1.807, 2.05) is 55.5 Å². The van der Waals surface area contributed by atoms with E-state index in [9.17, 15) is 4.79 Å². The predicted molar refractivity (Wildman–Crippen MR) is 122 cm³/mol. The van der Waals surface area contributed by atoms with Crippen molar-refractivity contribution in [1.82, 2.24) is 0 Å². The van der Waals surface area contributed by atoms with Gasteiger partial charge in [-0.05, 0) is 55.0 Å². The van der Waals surface area contributed by atoms with E-state index in [2.05, 4.69) is 10.5 Å². The van der Waals surface area contributed by atoms with Crippen LogP contribution in [0.3, 0.4) is 0 Å². The molecule has 0 aliphatic heterocycles. The van der Waals surface area contributed by atoms with Crippen LogP contribution in [0.4, 0.5) is 5.69 Å². The standard InChI is InChI=1S/C24H23ClN2O4/c1-2-29-23-14-18(11-12-22(23)30-16-19-7-6-8-20(25)13-19)15-26-31-17-24(28)27-21-9-4-3-5-10-21/h3-15H,2,16-17H2,1H3,(H,27,28)/b26-15+. The molecular weight excluding hydrogens is 416 g/mol. The van der Waals surface area contributed by atoms with Gasteiger partial charge in [0.05, 0.1) is 12.8 Å². The van der Waals surface area contributed by atoms with Gasteiger partial charge in [-0.3, -0.25) is 4.79 Å². The first-order chi connectivity index (χ1) is 15.1. The highest BCUT2D eigenvalue weighted by molar-refractivity contribution is 6.30. The third-order valence-corrected chi connectivity index (χ3v) is 4.32. The minimum atomic E-state index is -0.289. The third kappa shape index (κ3) is 7.35.